The molecule has 3 rings (SSSR count). The van der Waals surface area contributed by atoms with Crippen molar-refractivity contribution in [3.05, 3.63) is 70.6 Å². The van der Waals surface area contributed by atoms with Crippen molar-refractivity contribution < 1.29 is 9.53 Å². The zero-order chi connectivity index (χ0) is 16.9. The molecule has 0 atom stereocenters. The Morgan fingerprint density at radius 2 is 1.75 bits per heavy atom. The molecule has 0 fully saturated rings. The van der Waals surface area contributed by atoms with E-state index in [9.17, 15) is 9.59 Å². The molecule has 0 radical (unpaired) electrons. The monoisotopic (exact) mass is 323 g/mol. The van der Waals surface area contributed by atoms with E-state index in [0.717, 1.165) is 5.75 Å². The molecule has 6 heteroatoms. The lowest BCUT2D eigenvalue weighted by molar-refractivity contribution is 0.0769. The summed E-state index contributed by atoms with van der Waals surface area (Å²) >= 11 is 0. The average molecular weight is 323 g/mol. The Morgan fingerprint density at radius 1 is 1.08 bits per heavy atom. The highest BCUT2D eigenvalue weighted by molar-refractivity contribution is 6.04. The number of hydrogen-bond donors (Lipinski definition) is 1. The summed E-state index contributed by atoms with van der Waals surface area (Å²) in [6, 6.07) is 16.3. The minimum Gasteiger partial charge on any atom is -0.492 e. The lowest BCUT2D eigenvalue weighted by atomic mass is 10.1. The summed E-state index contributed by atoms with van der Waals surface area (Å²) in [5, 5.41) is 7.29. The topological polar surface area (TPSA) is 75.3 Å². The average Bonchev–Trinajstić information content (AvgIpc) is 2.62. The Balaban J connectivity index is 1.72. The lowest BCUT2D eigenvalue weighted by Crippen LogP contribution is -2.32. The summed E-state index contributed by atoms with van der Waals surface area (Å²) in [4.78, 5) is 25.9. The van der Waals surface area contributed by atoms with E-state index in [1.54, 1.807) is 31.3 Å². The van der Waals surface area contributed by atoms with E-state index in [1.807, 2.05) is 30.3 Å². The van der Waals surface area contributed by atoms with Gasteiger partial charge in [-0.2, -0.15) is 5.10 Å². The lowest BCUT2D eigenvalue weighted by Gasteiger charge is -2.17. The molecule has 0 saturated heterocycles. The molecule has 0 aliphatic heterocycles. The summed E-state index contributed by atoms with van der Waals surface area (Å²) in [7, 11) is 1.68. The number of H-pyrrole nitrogens is 1. The molecule has 1 N–H and O–H groups in total. The highest BCUT2D eigenvalue weighted by Gasteiger charge is 2.17. The number of benzene rings is 2. The van der Waals surface area contributed by atoms with Gasteiger partial charge in [0.2, 0.25) is 0 Å². The number of para-hydroxylation sites is 1. The first-order valence-corrected chi connectivity index (χ1v) is 7.57. The number of likely N-dealkylation sites (N-methyl/N-ethyl adjacent to an activating group) is 1. The SMILES string of the molecule is CN(CCOc1ccccc1)C(=O)c1n[nH]c(=O)c2ccccc12. The van der Waals surface area contributed by atoms with Gasteiger partial charge in [0.05, 0.1) is 11.9 Å². The summed E-state index contributed by atoms with van der Waals surface area (Å²) in [6.07, 6.45) is 0. The number of aromatic nitrogens is 2. The second kappa shape index (κ2) is 6.95. The van der Waals surface area contributed by atoms with Crippen LogP contribution in [0, 0.1) is 0 Å². The Kier molecular flexibility index (Phi) is 4.56. The van der Waals surface area contributed by atoms with Gasteiger partial charge in [0.1, 0.15) is 12.4 Å². The molecular formula is C18H17N3O3. The number of carbonyl (C=O) groups excluding carboxylic acids is 1. The molecular weight excluding hydrogens is 306 g/mol. The number of fused-ring (bicyclic) bond motifs is 1. The van der Waals surface area contributed by atoms with Crippen LogP contribution in [0.25, 0.3) is 10.8 Å². The molecule has 1 amide bonds. The van der Waals surface area contributed by atoms with Gasteiger partial charge in [0, 0.05) is 12.4 Å². The number of hydrogen-bond acceptors (Lipinski definition) is 4. The van der Waals surface area contributed by atoms with Crippen LogP contribution >= 0.6 is 0 Å². The Bertz CT molecular complexity index is 906. The van der Waals surface area contributed by atoms with Crippen LogP contribution in [0.15, 0.2) is 59.4 Å². The minimum absolute atomic E-state index is 0.229. The van der Waals surface area contributed by atoms with Gasteiger partial charge in [0.25, 0.3) is 11.5 Å². The maximum atomic E-state index is 12.6. The van der Waals surface area contributed by atoms with Crippen molar-refractivity contribution in [2.75, 3.05) is 20.2 Å². The fourth-order valence-electron chi connectivity index (χ4n) is 2.38. The van der Waals surface area contributed by atoms with Crippen LogP contribution in [0.2, 0.25) is 0 Å². The number of carbonyl (C=O) groups is 1. The van der Waals surface area contributed by atoms with E-state index in [-0.39, 0.29) is 17.2 Å². The number of amides is 1. The standard InChI is InChI=1S/C18H17N3O3/c1-21(11-12-24-13-7-3-2-4-8-13)18(23)16-14-9-5-6-10-15(14)17(22)20-19-16/h2-10H,11-12H2,1H3,(H,20,22). The van der Waals surface area contributed by atoms with Crippen LogP contribution in [0.4, 0.5) is 0 Å². The quantitative estimate of drug-likeness (QED) is 0.780. The second-order valence-electron chi connectivity index (χ2n) is 5.34. The maximum absolute atomic E-state index is 12.6. The van der Waals surface area contributed by atoms with Gasteiger partial charge in [-0.15, -0.1) is 0 Å². The molecule has 24 heavy (non-hydrogen) atoms. The molecule has 0 unspecified atom stereocenters. The van der Waals surface area contributed by atoms with Crippen LogP contribution in [0.1, 0.15) is 10.5 Å². The van der Waals surface area contributed by atoms with E-state index in [2.05, 4.69) is 10.2 Å². The van der Waals surface area contributed by atoms with Crippen molar-refractivity contribution in [1.82, 2.24) is 15.1 Å². The molecule has 3 aromatic rings. The predicted molar refractivity (Wildman–Crippen MR) is 91.3 cm³/mol. The number of nitrogens with one attached hydrogen (secondary N) is 1. The van der Waals surface area contributed by atoms with Crippen LogP contribution < -0.4 is 10.3 Å². The van der Waals surface area contributed by atoms with Gasteiger partial charge < -0.3 is 9.64 Å². The van der Waals surface area contributed by atoms with Crippen LogP contribution in [-0.2, 0) is 0 Å². The first kappa shape index (κ1) is 15.7. The fraction of sp³-hybridized carbons (Fsp3) is 0.167. The van der Waals surface area contributed by atoms with Gasteiger partial charge in [0.15, 0.2) is 5.69 Å². The largest absolute Gasteiger partial charge is 0.492 e. The van der Waals surface area contributed by atoms with E-state index in [0.29, 0.717) is 23.9 Å². The highest BCUT2D eigenvalue weighted by atomic mass is 16.5. The minimum atomic E-state index is -0.308. The molecule has 0 aliphatic rings. The molecule has 0 aliphatic carbocycles. The molecule has 0 saturated carbocycles. The van der Waals surface area contributed by atoms with Crippen molar-refractivity contribution in [3.63, 3.8) is 0 Å². The predicted octanol–water partition coefficient (Wildman–Crippen LogP) is 2.07. The number of nitrogens with zero attached hydrogens (tertiary/aromatic N) is 2. The summed E-state index contributed by atoms with van der Waals surface area (Å²) in [5.74, 6) is 0.491. The molecule has 6 nitrogen and oxygen atoms in total. The van der Waals surface area contributed by atoms with Crippen LogP contribution in [0.3, 0.4) is 0 Å². The Labute approximate surface area is 138 Å². The number of rotatable bonds is 5. The van der Waals surface area contributed by atoms with Gasteiger partial charge in [-0.05, 0) is 18.2 Å². The Morgan fingerprint density at radius 3 is 2.50 bits per heavy atom. The van der Waals surface area contributed by atoms with Crippen LogP contribution in [-0.4, -0.2) is 41.2 Å². The number of ether oxygens (including phenoxy) is 1. The first-order valence-electron chi connectivity index (χ1n) is 7.57. The Hall–Kier alpha value is -3.15. The fourth-order valence-corrected chi connectivity index (χ4v) is 2.38. The van der Waals surface area contributed by atoms with Crippen molar-refractivity contribution in [1.29, 1.82) is 0 Å². The third-order valence-electron chi connectivity index (χ3n) is 3.68. The first-order chi connectivity index (χ1) is 11.7. The van der Waals surface area contributed by atoms with E-state index >= 15 is 0 Å². The highest BCUT2D eigenvalue weighted by Crippen LogP contribution is 2.14. The summed E-state index contributed by atoms with van der Waals surface area (Å²) < 4.78 is 5.60. The van der Waals surface area contributed by atoms with E-state index in [4.69, 9.17) is 4.74 Å². The third kappa shape index (κ3) is 3.27. The van der Waals surface area contributed by atoms with Crippen molar-refractivity contribution in [2.45, 2.75) is 0 Å². The van der Waals surface area contributed by atoms with Crippen molar-refractivity contribution >= 4 is 16.7 Å². The second-order valence-corrected chi connectivity index (χ2v) is 5.34. The van der Waals surface area contributed by atoms with Gasteiger partial charge >= 0.3 is 0 Å². The molecule has 1 aromatic heterocycles. The van der Waals surface area contributed by atoms with Crippen LogP contribution in [0.5, 0.6) is 5.75 Å². The molecule has 0 spiro atoms. The summed E-state index contributed by atoms with van der Waals surface area (Å²) in [6.45, 7) is 0.774. The normalized spacial score (nSPS) is 10.5. The zero-order valence-electron chi connectivity index (χ0n) is 13.2. The summed E-state index contributed by atoms with van der Waals surface area (Å²) in [5.41, 5.74) is -0.0791. The maximum Gasteiger partial charge on any atom is 0.274 e. The van der Waals surface area contributed by atoms with Crippen molar-refractivity contribution in [3.8, 4) is 5.75 Å². The van der Waals surface area contributed by atoms with E-state index in [1.165, 1.54) is 4.90 Å². The molecule has 122 valence electrons. The number of aromatic amines is 1. The smallest absolute Gasteiger partial charge is 0.274 e. The van der Waals surface area contributed by atoms with Crippen molar-refractivity contribution in [2.24, 2.45) is 0 Å². The van der Waals surface area contributed by atoms with Gasteiger partial charge in [-0.1, -0.05) is 36.4 Å². The van der Waals surface area contributed by atoms with Gasteiger partial charge in [-0.25, -0.2) is 5.10 Å². The van der Waals surface area contributed by atoms with E-state index < -0.39 is 0 Å². The zero-order valence-corrected chi connectivity index (χ0v) is 13.2. The molecule has 1 heterocycles. The third-order valence-corrected chi connectivity index (χ3v) is 3.68. The molecule has 2 aromatic carbocycles. The molecule has 0 bridgehead atoms. The van der Waals surface area contributed by atoms with Gasteiger partial charge in [-0.3, -0.25) is 9.59 Å².